The molecule has 1 saturated carbocycles. The van der Waals surface area contributed by atoms with Crippen molar-refractivity contribution in [3.05, 3.63) is 35.4 Å². The first kappa shape index (κ1) is 18.0. The number of aliphatic hydroxyl groups is 1. The number of nitrogens with zero attached hydrogens (tertiary/aromatic N) is 2. The van der Waals surface area contributed by atoms with Crippen molar-refractivity contribution in [1.29, 1.82) is 0 Å². The molecule has 128 valence electrons. The monoisotopic (exact) mass is 318 g/mol. The Morgan fingerprint density at radius 2 is 1.83 bits per heavy atom. The summed E-state index contributed by atoms with van der Waals surface area (Å²) in [5, 5.41) is 9.90. The zero-order chi connectivity index (χ0) is 16.8. The Balaban J connectivity index is 1.79. The summed E-state index contributed by atoms with van der Waals surface area (Å²) in [6.07, 6.45) is 3.91. The second-order valence-electron chi connectivity index (χ2n) is 6.87. The van der Waals surface area contributed by atoms with Crippen molar-refractivity contribution in [3.8, 4) is 0 Å². The SMILES string of the molecule is CCc1ccc(CN(C)C(=O)CN(C)CC2CCCC2O)cc1. The van der Waals surface area contributed by atoms with Gasteiger partial charge in [-0.25, -0.2) is 0 Å². The molecule has 1 aliphatic carbocycles. The van der Waals surface area contributed by atoms with Gasteiger partial charge in [0.2, 0.25) is 5.91 Å². The smallest absolute Gasteiger partial charge is 0.236 e. The van der Waals surface area contributed by atoms with E-state index in [1.54, 1.807) is 4.90 Å². The van der Waals surface area contributed by atoms with E-state index in [0.29, 0.717) is 19.0 Å². The van der Waals surface area contributed by atoms with Crippen molar-refractivity contribution >= 4 is 5.91 Å². The molecule has 0 bridgehead atoms. The molecule has 1 aliphatic rings. The summed E-state index contributed by atoms with van der Waals surface area (Å²) >= 11 is 0. The van der Waals surface area contributed by atoms with Crippen LogP contribution in [0.25, 0.3) is 0 Å². The molecule has 0 heterocycles. The number of rotatable bonds is 7. The highest BCUT2D eigenvalue weighted by Gasteiger charge is 2.26. The van der Waals surface area contributed by atoms with Crippen LogP contribution in [-0.4, -0.2) is 54.1 Å². The van der Waals surface area contributed by atoms with Gasteiger partial charge in [0, 0.05) is 20.1 Å². The lowest BCUT2D eigenvalue weighted by atomic mass is 10.1. The largest absolute Gasteiger partial charge is 0.393 e. The van der Waals surface area contributed by atoms with Crippen LogP contribution in [-0.2, 0) is 17.8 Å². The van der Waals surface area contributed by atoms with E-state index in [4.69, 9.17) is 0 Å². The highest BCUT2D eigenvalue weighted by molar-refractivity contribution is 5.77. The molecule has 0 aliphatic heterocycles. The van der Waals surface area contributed by atoms with Gasteiger partial charge in [-0.3, -0.25) is 9.69 Å². The summed E-state index contributed by atoms with van der Waals surface area (Å²) in [5.41, 5.74) is 2.48. The van der Waals surface area contributed by atoms with E-state index in [9.17, 15) is 9.90 Å². The lowest BCUT2D eigenvalue weighted by molar-refractivity contribution is -0.131. The predicted octanol–water partition coefficient (Wildman–Crippen LogP) is 2.30. The lowest BCUT2D eigenvalue weighted by Crippen LogP contribution is -2.39. The predicted molar refractivity (Wildman–Crippen MR) is 93.1 cm³/mol. The Morgan fingerprint density at radius 3 is 2.39 bits per heavy atom. The van der Waals surface area contributed by atoms with Gasteiger partial charge in [-0.15, -0.1) is 0 Å². The van der Waals surface area contributed by atoms with Gasteiger partial charge < -0.3 is 10.0 Å². The van der Waals surface area contributed by atoms with E-state index in [1.807, 2.05) is 19.0 Å². The van der Waals surface area contributed by atoms with Crippen molar-refractivity contribution < 1.29 is 9.90 Å². The van der Waals surface area contributed by atoms with Gasteiger partial charge in [-0.05, 0) is 43.4 Å². The fourth-order valence-electron chi connectivity index (χ4n) is 3.29. The zero-order valence-electron chi connectivity index (χ0n) is 14.7. The van der Waals surface area contributed by atoms with Gasteiger partial charge >= 0.3 is 0 Å². The van der Waals surface area contributed by atoms with Gasteiger partial charge in [0.05, 0.1) is 12.6 Å². The normalized spacial score (nSPS) is 20.9. The summed E-state index contributed by atoms with van der Waals surface area (Å²) in [6, 6.07) is 8.45. The average molecular weight is 318 g/mol. The third kappa shape index (κ3) is 5.33. The van der Waals surface area contributed by atoms with Crippen molar-refractivity contribution in [2.45, 2.75) is 45.3 Å². The van der Waals surface area contributed by atoms with Crippen LogP contribution in [0.2, 0.25) is 0 Å². The highest BCUT2D eigenvalue weighted by atomic mass is 16.3. The van der Waals surface area contributed by atoms with Gasteiger partial charge in [-0.2, -0.15) is 0 Å². The fourth-order valence-corrected chi connectivity index (χ4v) is 3.29. The number of benzene rings is 1. The van der Waals surface area contributed by atoms with E-state index in [0.717, 1.165) is 37.8 Å². The molecule has 4 nitrogen and oxygen atoms in total. The van der Waals surface area contributed by atoms with E-state index in [1.165, 1.54) is 5.56 Å². The Labute approximate surface area is 140 Å². The van der Waals surface area contributed by atoms with Crippen LogP contribution in [0.15, 0.2) is 24.3 Å². The molecule has 1 amide bonds. The van der Waals surface area contributed by atoms with Crippen LogP contribution >= 0.6 is 0 Å². The number of carbonyl (C=O) groups excluding carboxylic acids is 1. The molecular weight excluding hydrogens is 288 g/mol. The second-order valence-corrected chi connectivity index (χ2v) is 6.87. The molecular formula is C19H30N2O2. The molecule has 23 heavy (non-hydrogen) atoms. The minimum absolute atomic E-state index is 0.125. The molecule has 1 fully saturated rings. The van der Waals surface area contributed by atoms with Gasteiger partial charge in [-0.1, -0.05) is 37.6 Å². The first-order valence-electron chi connectivity index (χ1n) is 8.68. The standard InChI is InChI=1S/C19H30N2O2/c1-4-15-8-10-16(11-9-15)12-21(3)19(23)14-20(2)13-17-6-5-7-18(17)22/h8-11,17-18,22H,4-7,12-14H2,1-3H3. The van der Waals surface area contributed by atoms with Crippen LogP contribution < -0.4 is 0 Å². The number of carbonyl (C=O) groups is 1. The molecule has 4 heteroatoms. The molecule has 0 radical (unpaired) electrons. The van der Waals surface area contributed by atoms with Crippen LogP contribution in [0, 0.1) is 5.92 Å². The Morgan fingerprint density at radius 1 is 1.17 bits per heavy atom. The summed E-state index contributed by atoms with van der Waals surface area (Å²) in [5.74, 6) is 0.444. The number of aliphatic hydroxyl groups excluding tert-OH is 1. The second kappa shape index (κ2) is 8.46. The highest BCUT2D eigenvalue weighted by Crippen LogP contribution is 2.25. The molecule has 1 N–H and O–H groups in total. The van der Waals surface area contributed by atoms with Gasteiger partial charge in [0.1, 0.15) is 0 Å². The number of likely N-dealkylation sites (N-methyl/N-ethyl adjacent to an activating group) is 2. The summed E-state index contributed by atoms with van der Waals surface area (Å²) in [7, 11) is 3.82. The van der Waals surface area contributed by atoms with Crippen molar-refractivity contribution in [3.63, 3.8) is 0 Å². The summed E-state index contributed by atoms with van der Waals surface area (Å²) in [6.45, 7) is 3.99. The van der Waals surface area contributed by atoms with Crippen molar-refractivity contribution in [2.75, 3.05) is 27.2 Å². The van der Waals surface area contributed by atoms with E-state index in [2.05, 4.69) is 31.2 Å². The molecule has 0 spiro atoms. The van der Waals surface area contributed by atoms with Crippen LogP contribution in [0.4, 0.5) is 0 Å². The third-order valence-electron chi connectivity index (χ3n) is 4.85. The quantitative estimate of drug-likeness (QED) is 0.839. The first-order chi connectivity index (χ1) is 11.0. The molecule has 2 rings (SSSR count). The minimum atomic E-state index is -0.192. The number of amides is 1. The maximum atomic E-state index is 12.4. The Bertz CT molecular complexity index is 501. The molecule has 2 unspecified atom stereocenters. The zero-order valence-corrected chi connectivity index (χ0v) is 14.7. The Hall–Kier alpha value is -1.39. The van der Waals surface area contributed by atoms with Crippen LogP contribution in [0.3, 0.4) is 0 Å². The first-order valence-corrected chi connectivity index (χ1v) is 8.68. The van der Waals surface area contributed by atoms with Crippen molar-refractivity contribution in [2.24, 2.45) is 5.92 Å². The van der Waals surface area contributed by atoms with Crippen LogP contribution in [0.1, 0.15) is 37.3 Å². The molecule has 2 atom stereocenters. The van der Waals surface area contributed by atoms with E-state index >= 15 is 0 Å². The molecule has 0 aromatic heterocycles. The van der Waals surface area contributed by atoms with Gasteiger partial charge in [0.15, 0.2) is 0 Å². The number of aryl methyl sites for hydroxylation is 1. The molecule has 1 aromatic rings. The molecule has 0 saturated heterocycles. The van der Waals surface area contributed by atoms with E-state index < -0.39 is 0 Å². The van der Waals surface area contributed by atoms with Crippen molar-refractivity contribution in [1.82, 2.24) is 9.80 Å². The van der Waals surface area contributed by atoms with Crippen LogP contribution in [0.5, 0.6) is 0 Å². The maximum Gasteiger partial charge on any atom is 0.236 e. The third-order valence-corrected chi connectivity index (χ3v) is 4.85. The topological polar surface area (TPSA) is 43.8 Å². The van der Waals surface area contributed by atoms with Gasteiger partial charge in [0.25, 0.3) is 0 Å². The summed E-state index contributed by atoms with van der Waals surface area (Å²) < 4.78 is 0. The minimum Gasteiger partial charge on any atom is -0.393 e. The lowest BCUT2D eigenvalue weighted by Gasteiger charge is -2.25. The fraction of sp³-hybridized carbons (Fsp3) is 0.632. The molecule has 1 aromatic carbocycles. The Kier molecular flexibility index (Phi) is 6.60. The summed E-state index contributed by atoms with van der Waals surface area (Å²) in [4.78, 5) is 16.2. The number of hydrogen-bond donors (Lipinski definition) is 1. The maximum absolute atomic E-state index is 12.4. The number of hydrogen-bond acceptors (Lipinski definition) is 3. The average Bonchev–Trinajstić information content (AvgIpc) is 2.93. The van der Waals surface area contributed by atoms with E-state index in [-0.39, 0.29) is 12.0 Å².